The molecule has 1 saturated heterocycles. The Kier molecular flexibility index (Phi) is 3.43. The summed E-state index contributed by atoms with van der Waals surface area (Å²) in [6.07, 6.45) is 3.79. The zero-order valence-electron chi connectivity index (χ0n) is 9.66. The third-order valence-corrected chi connectivity index (χ3v) is 3.02. The lowest BCUT2D eigenvalue weighted by Gasteiger charge is -2.28. The highest BCUT2D eigenvalue weighted by molar-refractivity contribution is 5.61. The van der Waals surface area contributed by atoms with Crippen LogP contribution in [-0.4, -0.2) is 18.1 Å². The minimum atomic E-state index is 0.727. The number of para-hydroxylation sites is 1. The van der Waals surface area contributed by atoms with Gasteiger partial charge >= 0.3 is 0 Å². The lowest BCUT2D eigenvalue weighted by molar-refractivity contribution is 0.273. The van der Waals surface area contributed by atoms with Gasteiger partial charge in [0.2, 0.25) is 0 Å². The first-order chi connectivity index (χ1) is 7.81. The van der Waals surface area contributed by atoms with E-state index in [2.05, 4.69) is 16.5 Å². The molecule has 0 amide bonds. The number of benzene rings is 1. The Morgan fingerprint density at radius 1 is 1.25 bits per heavy atom. The second-order valence-electron chi connectivity index (χ2n) is 4.27. The Morgan fingerprint density at radius 2 is 2.00 bits per heavy atom. The van der Waals surface area contributed by atoms with Crippen molar-refractivity contribution in [1.82, 2.24) is 5.01 Å². The summed E-state index contributed by atoms with van der Waals surface area (Å²) in [5, 5.41) is 11.3. The maximum atomic E-state index is 9.06. The molecule has 1 N–H and O–H groups in total. The van der Waals surface area contributed by atoms with Crippen LogP contribution in [0.15, 0.2) is 18.2 Å². The summed E-state index contributed by atoms with van der Waals surface area (Å²) in [6.45, 7) is 4.17. The molecule has 16 heavy (non-hydrogen) atoms. The first-order valence-electron chi connectivity index (χ1n) is 5.82. The van der Waals surface area contributed by atoms with Crippen LogP contribution in [0.5, 0.6) is 0 Å². The van der Waals surface area contributed by atoms with Crippen molar-refractivity contribution in [2.75, 3.05) is 18.5 Å². The van der Waals surface area contributed by atoms with Crippen molar-refractivity contribution in [3.63, 3.8) is 0 Å². The molecule has 0 radical (unpaired) electrons. The minimum Gasteiger partial charge on any atom is -0.317 e. The third kappa shape index (κ3) is 2.34. The first-order valence-corrected chi connectivity index (χ1v) is 5.82. The van der Waals surface area contributed by atoms with E-state index in [0.29, 0.717) is 0 Å². The Hall–Kier alpha value is -1.53. The van der Waals surface area contributed by atoms with Crippen LogP contribution in [0, 0.1) is 18.3 Å². The van der Waals surface area contributed by atoms with Gasteiger partial charge in [-0.1, -0.05) is 18.6 Å². The van der Waals surface area contributed by atoms with Crippen LogP contribution >= 0.6 is 0 Å². The summed E-state index contributed by atoms with van der Waals surface area (Å²) in [5.74, 6) is 0. The number of piperidine rings is 1. The predicted octanol–water partition coefficient (Wildman–Crippen LogP) is 2.68. The maximum absolute atomic E-state index is 9.06. The van der Waals surface area contributed by atoms with E-state index in [1.54, 1.807) is 0 Å². The number of nitrogens with one attached hydrogen (secondary N) is 1. The van der Waals surface area contributed by atoms with Crippen molar-refractivity contribution in [3.05, 3.63) is 29.3 Å². The second kappa shape index (κ2) is 5.00. The van der Waals surface area contributed by atoms with E-state index in [1.807, 2.05) is 25.1 Å². The van der Waals surface area contributed by atoms with E-state index in [4.69, 9.17) is 5.26 Å². The average Bonchev–Trinajstić information content (AvgIpc) is 2.33. The van der Waals surface area contributed by atoms with Crippen LogP contribution in [0.4, 0.5) is 5.69 Å². The third-order valence-electron chi connectivity index (χ3n) is 3.02. The fraction of sp³-hybridized carbons (Fsp3) is 0.462. The smallest absolute Gasteiger partial charge is 0.101 e. The molecule has 0 unspecified atom stereocenters. The van der Waals surface area contributed by atoms with E-state index in [1.165, 1.54) is 19.3 Å². The molecule has 2 rings (SSSR count). The normalized spacial score (nSPS) is 16.8. The van der Waals surface area contributed by atoms with Crippen molar-refractivity contribution >= 4 is 5.69 Å². The molecule has 1 aliphatic heterocycles. The number of nitriles is 1. The summed E-state index contributed by atoms with van der Waals surface area (Å²) in [7, 11) is 0. The Bertz CT molecular complexity index is 400. The molecule has 0 bridgehead atoms. The topological polar surface area (TPSA) is 39.1 Å². The lowest BCUT2D eigenvalue weighted by atomic mass is 10.1. The summed E-state index contributed by atoms with van der Waals surface area (Å²) in [4.78, 5) is 0. The van der Waals surface area contributed by atoms with E-state index in [9.17, 15) is 0 Å². The van der Waals surface area contributed by atoms with Gasteiger partial charge < -0.3 is 5.43 Å². The summed E-state index contributed by atoms with van der Waals surface area (Å²) >= 11 is 0. The van der Waals surface area contributed by atoms with Gasteiger partial charge in [-0.05, 0) is 31.4 Å². The van der Waals surface area contributed by atoms with Crippen molar-refractivity contribution in [1.29, 1.82) is 5.26 Å². The molecule has 0 aromatic heterocycles. The van der Waals surface area contributed by atoms with E-state index < -0.39 is 0 Å². The van der Waals surface area contributed by atoms with Crippen LogP contribution in [-0.2, 0) is 0 Å². The number of nitrogens with zero attached hydrogens (tertiary/aromatic N) is 2. The summed E-state index contributed by atoms with van der Waals surface area (Å²) < 4.78 is 0. The van der Waals surface area contributed by atoms with Crippen LogP contribution in [0.1, 0.15) is 30.4 Å². The fourth-order valence-corrected chi connectivity index (χ4v) is 2.07. The number of hydrogen-bond donors (Lipinski definition) is 1. The molecule has 3 heteroatoms. The zero-order valence-corrected chi connectivity index (χ0v) is 9.66. The standard InChI is InChI=1S/C13H17N3/c1-11-6-5-7-12(10-14)13(11)15-16-8-3-2-4-9-16/h5-7,15H,2-4,8-9H2,1H3. The monoisotopic (exact) mass is 215 g/mol. The van der Waals surface area contributed by atoms with Gasteiger partial charge in [0.15, 0.2) is 0 Å². The second-order valence-corrected chi connectivity index (χ2v) is 4.27. The van der Waals surface area contributed by atoms with Crippen molar-refractivity contribution in [3.8, 4) is 6.07 Å². The molecule has 1 aliphatic rings. The Labute approximate surface area is 96.7 Å². The highest BCUT2D eigenvalue weighted by atomic mass is 15.5. The van der Waals surface area contributed by atoms with Gasteiger partial charge in [-0.25, -0.2) is 5.01 Å². The molecule has 0 atom stereocenters. The maximum Gasteiger partial charge on any atom is 0.101 e. The van der Waals surface area contributed by atoms with E-state index >= 15 is 0 Å². The molecule has 3 nitrogen and oxygen atoms in total. The molecule has 0 aliphatic carbocycles. The van der Waals surface area contributed by atoms with Gasteiger partial charge in [-0.15, -0.1) is 0 Å². The van der Waals surface area contributed by atoms with Gasteiger partial charge in [0.05, 0.1) is 11.3 Å². The molecule has 1 aromatic carbocycles. The van der Waals surface area contributed by atoms with E-state index in [0.717, 1.165) is 29.9 Å². The van der Waals surface area contributed by atoms with Crippen LogP contribution in [0.25, 0.3) is 0 Å². The molecule has 1 heterocycles. The Balaban J connectivity index is 2.16. The minimum absolute atomic E-state index is 0.727. The lowest BCUT2D eigenvalue weighted by Crippen LogP contribution is -2.35. The zero-order chi connectivity index (χ0) is 11.4. The van der Waals surface area contributed by atoms with Crippen molar-refractivity contribution in [2.24, 2.45) is 0 Å². The highest BCUT2D eigenvalue weighted by Gasteiger charge is 2.12. The SMILES string of the molecule is Cc1cccc(C#N)c1NN1CCCCC1. The van der Waals surface area contributed by atoms with Crippen LogP contribution in [0.2, 0.25) is 0 Å². The molecular formula is C13H17N3. The average molecular weight is 215 g/mol. The molecule has 0 spiro atoms. The van der Waals surface area contributed by atoms with Gasteiger partial charge in [-0.3, -0.25) is 0 Å². The molecular weight excluding hydrogens is 198 g/mol. The molecule has 1 fully saturated rings. The van der Waals surface area contributed by atoms with Crippen molar-refractivity contribution < 1.29 is 0 Å². The summed E-state index contributed by atoms with van der Waals surface area (Å²) in [5.41, 5.74) is 6.20. The number of anilines is 1. The van der Waals surface area contributed by atoms with Gasteiger partial charge in [-0.2, -0.15) is 5.26 Å². The summed E-state index contributed by atoms with van der Waals surface area (Å²) in [6, 6.07) is 8.06. The van der Waals surface area contributed by atoms with Gasteiger partial charge in [0.25, 0.3) is 0 Å². The van der Waals surface area contributed by atoms with Gasteiger partial charge in [0.1, 0.15) is 6.07 Å². The molecule has 84 valence electrons. The quantitative estimate of drug-likeness (QED) is 0.824. The van der Waals surface area contributed by atoms with Crippen LogP contribution in [0.3, 0.4) is 0 Å². The van der Waals surface area contributed by atoms with Crippen molar-refractivity contribution in [2.45, 2.75) is 26.2 Å². The van der Waals surface area contributed by atoms with E-state index in [-0.39, 0.29) is 0 Å². The first kappa shape index (κ1) is 11.0. The number of hydrazine groups is 1. The molecule has 0 saturated carbocycles. The van der Waals surface area contributed by atoms with Gasteiger partial charge in [0, 0.05) is 13.1 Å². The fourth-order valence-electron chi connectivity index (χ4n) is 2.07. The molecule has 1 aromatic rings. The Morgan fingerprint density at radius 3 is 2.69 bits per heavy atom. The number of rotatable bonds is 2. The number of aryl methyl sites for hydroxylation is 1. The highest BCUT2D eigenvalue weighted by Crippen LogP contribution is 2.21. The predicted molar refractivity (Wildman–Crippen MR) is 64.9 cm³/mol. The van der Waals surface area contributed by atoms with Crippen LogP contribution < -0.4 is 5.43 Å². The largest absolute Gasteiger partial charge is 0.317 e. The number of hydrogen-bond acceptors (Lipinski definition) is 3.